The molecule has 21 heavy (non-hydrogen) atoms. The van der Waals surface area contributed by atoms with E-state index >= 15 is 0 Å². The first-order valence-corrected chi connectivity index (χ1v) is 7.77. The van der Waals surface area contributed by atoms with Gasteiger partial charge in [0.2, 0.25) is 0 Å². The first-order chi connectivity index (χ1) is 10.2. The van der Waals surface area contributed by atoms with E-state index < -0.39 is 0 Å². The summed E-state index contributed by atoms with van der Waals surface area (Å²) in [6.07, 6.45) is 3.40. The van der Waals surface area contributed by atoms with Gasteiger partial charge in [0.1, 0.15) is 5.82 Å². The summed E-state index contributed by atoms with van der Waals surface area (Å²) < 4.78 is 13.1. The Morgan fingerprint density at radius 2 is 1.62 bits per heavy atom. The maximum Gasteiger partial charge on any atom is 0.123 e. The molecule has 0 radical (unpaired) electrons. The molecule has 0 saturated heterocycles. The van der Waals surface area contributed by atoms with Crippen LogP contribution in [-0.4, -0.2) is 0 Å². The molecule has 112 valence electrons. The quantitative estimate of drug-likeness (QED) is 0.717. The average molecular weight is 285 g/mol. The number of rotatable bonds is 7. The van der Waals surface area contributed by atoms with Crippen molar-refractivity contribution in [3.8, 4) is 0 Å². The minimum atomic E-state index is -0.177. The van der Waals surface area contributed by atoms with Gasteiger partial charge in [-0.25, -0.2) is 4.39 Å². The maximum atomic E-state index is 13.1. The van der Waals surface area contributed by atoms with Crippen molar-refractivity contribution in [3.05, 3.63) is 71.5 Å². The Hall–Kier alpha value is -1.67. The van der Waals surface area contributed by atoms with Crippen molar-refractivity contribution in [2.75, 3.05) is 0 Å². The summed E-state index contributed by atoms with van der Waals surface area (Å²) in [4.78, 5) is 0. The van der Waals surface area contributed by atoms with Crippen LogP contribution in [0, 0.1) is 5.82 Å². The third-order valence-corrected chi connectivity index (χ3v) is 3.87. The van der Waals surface area contributed by atoms with Gasteiger partial charge in [0.15, 0.2) is 0 Å². The van der Waals surface area contributed by atoms with E-state index in [1.54, 1.807) is 12.1 Å². The summed E-state index contributed by atoms with van der Waals surface area (Å²) >= 11 is 0. The Bertz CT molecular complexity index is 521. The van der Waals surface area contributed by atoms with E-state index in [2.05, 4.69) is 43.4 Å². The predicted molar refractivity (Wildman–Crippen MR) is 86.7 cm³/mol. The number of nitrogens with one attached hydrogen (secondary N) is 1. The Morgan fingerprint density at radius 3 is 2.24 bits per heavy atom. The van der Waals surface area contributed by atoms with Crippen LogP contribution in [0.25, 0.3) is 0 Å². The monoisotopic (exact) mass is 285 g/mol. The van der Waals surface area contributed by atoms with Gasteiger partial charge in [-0.1, -0.05) is 62.2 Å². The number of benzene rings is 2. The Kier molecular flexibility index (Phi) is 5.94. The van der Waals surface area contributed by atoms with Crippen molar-refractivity contribution in [2.24, 2.45) is 0 Å². The highest BCUT2D eigenvalue weighted by Gasteiger charge is 2.15. The fourth-order valence-corrected chi connectivity index (χ4v) is 2.59. The summed E-state index contributed by atoms with van der Waals surface area (Å²) in [5, 5.41) is 3.68. The zero-order valence-corrected chi connectivity index (χ0v) is 12.9. The van der Waals surface area contributed by atoms with Crippen LogP contribution < -0.4 is 5.32 Å². The molecule has 0 aliphatic carbocycles. The second-order valence-corrected chi connectivity index (χ2v) is 5.55. The second-order valence-electron chi connectivity index (χ2n) is 5.55. The van der Waals surface area contributed by atoms with E-state index in [1.165, 1.54) is 12.0 Å². The molecule has 0 saturated carbocycles. The molecular formula is C19H24FN. The molecular weight excluding hydrogens is 261 g/mol. The largest absolute Gasteiger partial charge is 0.303 e. The van der Waals surface area contributed by atoms with E-state index in [9.17, 15) is 4.39 Å². The lowest BCUT2D eigenvalue weighted by atomic mass is 9.98. The number of hydrogen-bond acceptors (Lipinski definition) is 1. The lowest BCUT2D eigenvalue weighted by Gasteiger charge is -2.24. The van der Waals surface area contributed by atoms with Crippen molar-refractivity contribution in [3.63, 3.8) is 0 Å². The van der Waals surface area contributed by atoms with E-state index in [0.29, 0.717) is 0 Å². The van der Waals surface area contributed by atoms with Crippen molar-refractivity contribution < 1.29 is 4.39 Å². The Balaban J connectivity index is 2.10. The van der Waals surface area contributed by atoms with Gasteiger partial charge in [0, 0.05) is 12.1 Å². The highest BCUT2D eigenvalue weighted by Crippen LogP contribution is 2.24. The molecule has 0 aromatic heterocycles. The fraction of sp³-hybridized carbons (Fsp3) is 0.368. The van der Waals surface area contributed by atoms with Crippen LogP contribution in [0.15, 0.2) is 54.6 Å². The van der Waals surface area contributed by atoms with Crippen molar-refractivity contribution in [2.45, 2.75) is 45.2 Å². The van der Waals surface area contributed by atoms with Gasteiger partial charge < -0.3 is 5.32 Å². The van der Waals surface area contributed by atoms with Crippen LogP contribution >= 0.6 is 0 Å². The normalized spacial score (nSPS) is 13.9. The molecule has 0 heterocycles. The van der Waals surface area contributed by atoms with Crippen LogP contribution in [0.2, 0.25) is 0 Å². The van der Waals surface area contributed by atoms with Gasteiger partial charge in [-0.3, -0.25) is 0 Å². The van der Waals surface area contributed by atoms with Crippen molar-refractivity contribution in [1.82, 2.24) is 5.32 Å². The molecule has 2 aromatic carbocycles. The molecule has 2 heteroatoms. The summed E-state index contributed by atoms with van der Waals surface area (Å²) in [6, 6.07) is 17.8. The standard InChI is InChI=1S/C19H24FN/c1-3-4-10-19(17-11-13-18(20)14-12-17)21-15(2)16-8-6-5-7-9-16/h5-9,11-15,19,21H,3-4,10H2,1-2H3/t15-,19?/m1/s1. The third kappa shape index (κ3) is 4.68. The summed E-state index contributed by atoms with van der Waals surface area (Å²) in [5.74, 6) is -0.177. The summed E-state index contributed by atoms with van der Waals surface area (Å²) in [5.41, 5.74) is 2.44. The minimum absolute atomic E-state index is 0.177. The first-order valence-electron chi connectivity index (χ1n) is 7.77. The molecule has 0 bridgehead atoms. The summed E-state index contributed by atoms with van der Waals surface area (Å²) in [6.45, 7) is 4.38. The van der Waals surface area contributed by atoms with Crippen molar-refractivity contribution in [1.29, 1.82) is 0 Å². The van der Waals surface area contributed by atoms with E-state index in [-0.39, 0.29) is 17.9 Å². The fourth-order valence-electron chi connectivity index (χ4n) is 2.59. The first kappa shape index (κ1) is 15.7. The van der Waals surface area contributed by atoms with Gasteiger partial charge in [-0.05, 0) is 36.6 Å². The molecule has 0 fully saturated rings. The van der Waals surface area contributed by atoms with Gasteiger partial charge in [0.05, 0.1) is 0 Å². The number of hydrogen-bond donors (Lipinski definition) is 1. The highest BCUT2D eigenvalue weighted by atomic mass is 19.1. The van der Waals surface area contributed by atoms with E-state index in [4.69, 9.17) is 0 Å². The van der Waals surface area contributed by atoms with Crippen LogP contribution in [0.3, 0.4) is 0 Å². The molecule has 1 nitrogen and oxygen atoms in total. The molecule has 0 aliphatic rings. The van der Waals surface area contributed by atoms with Gasteiger partial charge in [0.25, 0.3) is 0 Å². The highest BCUT2D eigenvalue weighted by molar-refractivity contribution is 5.22. The van der Waals surface area contributed by atoms with E-state index in [1.807, 2.05) is 18.2 Å². The Labute approximate surface area is 127 Å². The lowest BCUT2D eigenvalue weighted by Crippen LogP contribution is -2.24. The van der Waals surface area contributed by atoms with Crippen LogP contribution in [0.1, 0.15) is 56.3 Å². The third-order valence-electron chi connectivity index (χ3n) is 3.87. The van der Waals surface area contributed by atoms with Crippen LogP contribution in [-0.2, 0) is 0 Å². The van der Waals surface area contributed by atoms with Gasteiger partial charge in [-0.2, -0.15) is 0 Å². The molecule has 1 N–H and O–H groups in total. The number of halogens is 1. The number of unbranched alkanes of at least 4 members (excludes halogenated alkanes) is 1. The van der Waals surface area contributed by atoms with Gasteiger partial charge in [-0.15, -0.1) is 0 Å². The second kappa shape index (κ2) is 7.94. The van der Waals surface area contributed by atoms with Crippen LogP contribution in [0.4, 0.5) is 4.39 Å². The van der Waals surface area contributed by atoms with E-state index in [0.717, 1.165) is 18.4 Å². The molecule has 2 atom stereocenters. The maximum absolute atomic E-state index is 13.1. The molecule has 0 aliphatic heterocycles. The summed E-state index contributed by atoms with van der Waals surface area (Å²) in [7, 11) is 0. The lowest BCUT2D eigenvalue weighted by molar-refractivity contribution is 0.431. The topological polar surface area (TPSA) is 12.0 Å². The minimum Gasteiger partial charge on any atom is -0.303 e. The molecule has 2 aromatic rings. The zero-order chi connectivity index (χ0) is 15.1. The molecule has 0 amide bonds. The SMILES string of the molecule is CCCCC(N[C@H](C)c1ccccc1)c1ccc(F)cc1. The molecule has 0 spiro atoms. The van der Waals surface area contributed by atoms with Crippen LogP contribution in [0.5, 0.6) is 0 Å². The average Bonchev–Trinajstić information content (AvgIpc) is 2.53. The molecule has 1 unspecified atom stereocenters. The zero-order valence-electron chi connectivity index (χ0n) is 12.9. The predicted octanol–water partition coefficient (Wildman–Crippen LogP) is 5.41. The smallest absolute Gasteiger partial charge is 0.123 e. The Morgan fingerprint density at radius 1 is 0.952 bits per heavy atom. The van der Waals surface area contributed by atoms with Crippen molar-refractivity contribution >= 4 is 0 Å². The molecule has 2 rings (SSSR count). The van der Waals surface area contributed by atoms with Gasteiger partial charge >= 0.3 is 0 Å².